The smallest absolute Gasteiger partial charge is 0.130 e. The molecular formula is C23H22O2. The third-order valence-electron chi connectivity index (χ3n) is 4.81. The standard InChI is InChI=1S/C23H22O2/c1-24-20-11-5-9-18(15-20)22-12-6-10-19-16-21(25-23(19)22)14-13-17-7-3-2-4-8-17/h2-12,15,21H,13-14,16H2,1H3. The number of fused-ring (bicyclic) bond motifs is 1. The van der Waals surface area contributed by atoms with Crippen molar-refractivity contribution in [2.75, 3.05) is 7.11 Å². The van der Waals surface area contributed by atoms with E-state index in [4.69, 9.17) is 9.47 Å². The Hall–Kier alpha value is -2.74. The second-order valence-corrected chi connectivity index (χ2v) is 6.49. The largest absolute Gasteiger partial charge is 0.497 e. The van der Waals surface area contributed by atoms with Crippen LogP contribution in [0.2, 0.25) is 0 Å². The molecule has 0 spiro atoms. The molecule has 1 heterocycles. The molecule has 0 saturated heterocycles. The predicted octanol–water partition coefficient (Wildman–Crippen LogP) is 5.30. The zero-order valence-corrected chi connectivity index (χ0v) is 14.4. The summed E-state index contributed by atoms with van der Waals surface area (Å²) in [6.45, 7) is 0. The van der Waals surface area contributed by atoms with E-state index in [0.29, 0.717) is 0 Å². The Morgan fingerprint density at radius 1 is 0.960 bits per heavy atom. The van der Waals surface area contributed by atoms with Crippen LogP contribution in [0.1, 0.15) is 17.5 Å². The van der Waals surface area contributed by atoms with Gasteiger partial charge >= 0.3 is 0 Å². The van der Waals surface area contributed by atoms with Gasteiger partial charge in [0.1, 0.15) is 17.6 Å². The molecule has 1 aliphatic rings. The van der Waals surface area contributed by atoms with E-state index in [1.807, 2.05) is 12.1 Å². The lowest BCUT2D eigenvalue weighted by atomic mass is 9.99. The summed E-state index contributed by atoms with van der Waals surface area (Å²) in [7, 11) is 1.70. The molecular weight excluding hydrogens is 308 g/mol. The van der Waals surface area contributed by atoms with Crippen LogP contribution in [-0.4, -0.2) is 13.2 Å². The predicted molar refractivity (Wildman–Crippen MR) is 101 cm³/mol. The lowest BCUT2D eigenvalue weighted by Crippen LogP contribution is -2.13. The van der Waals surface area contributed by atoms with Crippen molar-refractivity contribution in [3.63, 3.8) is 0 Å². The molecule has 0 aromatic heterocycles. The first kappa shape index (κ1) is 15.8. The first-order valence-corrected chi connectivity index (χ1v) is 8.80. The van der Waals surface area contributed by atoms with Crippen LogP contribution in [-0.2, 0) is 12.8 Å². The molecule has 2 nitrogen and oxygen atoms in total. The minimum absolute atomic E-state index is 0.252. The minimum atomic E-state index is 0.252. The van der Waals surface area contributed by atoms with E-state index in [-0.39, 0.29) is 6.10 Å². The Morgan fingerprint density at radius 3 is 2.64 bits per heavy atom. The highest BCUT2D eigenvalue weighted by Gasteiger charge is 2.25. The summed E-state index contributed by atoms with van der Waals surface area (Å²) >= 11 is 0. The van der Waals surface area contributed by atoms with Crippen molar-refractivity contribution in [3.8, 4) is 22.6 Å². The third-order valence-corrected chi connectivity index (χ3v) is 4.81. The monoisotopic (exact) mass is 330 g/mol. The van der Waals surface area contributed by atoms with Gasteiger partial charge in [-0.3, -0.25) is 0 Å². The third kappa shape index (κ3) is 3.39. The highest BCUT2D eigenvalue weighted by atomic mass is 16.5. The molecule has 1 unspecified atom stereocenters. The molecule has 3 aromatic carbocycles. The Balaban J connectivity index is 1.53. The second-order valence-electron chi connectivity index (χ2n) is 6.49. The summed E-state index contributed by atoms with van der Waals surface area (Å²) in [6.07, 6.45) is 3.33. The fourth-order valence-electron chi connectivity index (χ4n) is 3.49. The lowest BCUT2D eigenvalue weighted by molar-refractivity contribution is 0.222. The van der Waals surface area contributed by atoms with Crippen LogP contribution < -0.4 is 9.47 Å². The molecule has 1 atom stereocenters. The molecule has 0 radical (unpaired) electrons. The molecule has 2 heteroatoms. The maximum absolute atomic E-state index is 6.35. The minimum Gasteiger partial charge on any atom is -0.497 e. The van der Waals surface area contributed by atoms with Gasteiger partial charge in [-0.1, -0.05) is 60.7 Å². The summed E-state index contributed by atoms with van der Waals surface area (Å²) in [5.74, 6) is 1.91. The average molecular weight is 330 g/mol. The van der Waals surface area contributed by atoms with Gasteiger partial charge in [-0.15, -0.1) is 0 Å². The van der Waals surface area contributed by atoms with Crippen LogP contribution in [0.3, 0.4) is 0 Å². The first-order valence-electron chi connectivity index (χ1n) is 8.80. The number of ether oxygens (including phenoxy) is 2. The van der Waals surface area contributed by atoms with Crippen LogP contribution in [0, 0.1) is 0 Å². The van der Waals surface area contributed by atoms with Gasteiger partial charge in [0.2, 0.25) is 0 Å². The molecule has 1 aliphatic heterocycles. The van der Waals surface area contributed by atoms with Gasteiger partial charge in [0.25, 0.3) is 0 Å². The van der Waals surface area contributed by atoms with E-state index in [1.54, 1.807) is 7.11 Å². The molecule has 0 saturated carbocycles. The number of aryl methyl sites for hydroxylation is 1. The summed E-state index contributed by atoms with van der Waals surface area (Å²) in [5, 5.41) is 0. The van der Waals surface area contributed by atoms with Gasteiger partial charge in [0.15, 0.2) is 0 Å². The normalized spacial score (nSPS) is 15.5. The van der Waals surface area contributed by atoms with Gasteiger partial charge < -0.3 is 9.47 Å². The molecule has 4 rings (SSSR count). The Kier molecular flexibility index (Phi) is 4.43. The van der Waals surface area contributed by atoms with Crippen molar-refractivity contribution in [1.29, 1.82) is 0 Å². The fraction of sp³-hybridized carbons (Fsp3) is 0.217. The Bertz CT molecular complexity index is 855. The first-order chi connectivity index (χ1) is 12.3. The number of hydrogen-bond acceptors (Lipinski definition) is 2. The van der Waals surface area contributed by atoms with Crippen LogP contribution in [0.4, 0.5) is 0 Å². The Labute approximate surface area is 149 Å². The van der Waals surface area contributed by atoms with Crippen molar-refractivity contribution in [3.05, 3.63) is 83.9 Å². The van der Waals surface area contributed by atoms with Crippen molar-refractivity contribution < 1.29 is 9.47 Å². The van der Waals surface area contributed by atoms with Crippen molar-refractivity contribution in [1.82, 2.24) is 0 Å². The van der Waals surface area contributed by atoms with Crippen LogP contribution >= 0.6 is 0 Å². The summed E-state index contributed by atoms with van der Waals surface area (Å²) < 4.78 is 11.7. The van der Waals surface area contributed by atoms with Crippen molar-refractivity contribution in [2.45, 2.75) is 25.4 Å². The molecule has 0 N–H and O–H groups in total. The highest BCUT2D eigenvalue weighted by Crippen LogP contribution is 2.40. The topological polar surface area (TPSA) is 18.5 Å². The van der Waals surface area contributed by atoms with Gasteiger partial charge in [0.05, 0.1) is 7.11 Å². The van der Waals surface area contributed by atoms with E-state index >= 15 is 0 Å². The van der Waals surface area contributed by atoms with Crippen LogP contribution in [0.25, 0.3) is 11.1 Å². The van der Waals surface area contributed by atoms with E-state index in [0.717, 1.165) is 41.9 Å². The Morgan fingerprint density at radius 2 is 1.80 bits per heavy atom. The van der Waals surface area contributed by atoms with Crippen LogP contribution in [0.15, 0.2) is 72.8 Å². The summed E-state index contributed by atoms with van der Waals surface area (Å²) in [6, 6.07) is 25.2. The zero-order chi connectivity index (χ0) is 17.1. The molecule has 0 aliphatic carbocycles. The number of hydrogen-bond donors (Lipinski definition) is 0. The molecule has 126 valence electrons. The quantitative estimate of drug-likeness (QED) is 0.632. The number of methoxy groups -OCH3 is 1. The number of rotatable bonds is 5. The molecule has 25 heavy (non-hydrogen) atoms. The van der Waals surface area contributed by atoms with E-state index < -0.39 is 0 Å². The van der Waals surface area contributed by atoms with E-state index in [9.17, 15) is 0 Å². The highest BCUT2D eigenvalue weighted by molar-refractivity contribution is 5.74. The zero-order valence-electron chi connectivity index (χ0n) is 14.4. The number of benzene rings is 3. The molecule has 0 amide bonds. The fourth-order valence-corrected chi connectivity index (χ4v) is 3.49. The van der Waals surface area contributed by atoms with E-state index in [1.165, 1.54) is 11.1 Å². The SMILES string of the molecule is COc1cccc(-c2cccc3c2OC(CCc2ccccc2)C3)c1. The van der Waals surface area contributed by atoms with Crippen molar-refractivity contribution in [2.24, 2.45) is 0 Å². The summed E-state index contributed by atoms with van der Waals surface area (Å²) in [5.41, 5.74) is 4.96. The summed E-state index contributed by atoms with van der Waals surface area (Å²) in [4.78, 5) is 0. The molecule has 3 aromatic rings. The lowest BCUT2D eigenvalue weighted by Gasteiger charge is -2.13. The second kappa shape index (κ2) is 7.02. The van der Waals surface area contributed by atoms with Gasteiger partial charge in [-0.25, -0.2) is 0 Å². The van der Waals surface area contributed by atoms with Gasteiger partial charge in [-0.2, -0.15) is 0 Å². The maximum Gasteiger partial charge on any atom is 0.130 e. The maximum atomic E-state index is 6.35. The average Bonchev–Trinajstić information content (AvgIpc) is 3.10. The molecule has 0 fully saturated rings. The van der Waals surface area contributed by atoms with Crippen LogP contribution in [0.5, 0.6) is 11.5 Å². The molecule has 0 bridgehead atoms. The van der Waals surface area contributed by atoms with Gasteiger partial charge in [0, 0.05) is 12.0 Å². The number of para-hydroxylation sites is 1. The van der Waals surface area contributed by atoms with E-state index in [2.05, 4.69) is 60.7 Å². The van der Waals surface area contributed by atoms with Gasteiger partial charge in [-0.05, 0) is 41.7 Å². The van der Waals surface area contributed by atoms with Crippen molar-refractivity contribution >= 4 is 0 Å².